The number of carboxylic acid groups (broad SMARTS) is 2. The van der Waals surface area contributed by atoms with E-state index < -0.39 is 11.9 Å². The predicted octanol–water partition coefficient (Wildman–Crippen LogP) is 6.59. The molecular formula is C28H20O4. The molecule has 0 radical (unpaired) electrons. The van der Waals surface area contributed by atoms with Crippen LogP contribution >= 0.6 is 0 Å². The van der Waals surface area contributed by atoms with Crippen LogP contribution in [-0.4, -0.2) is 22.2 Å². The monoisotopic (exact) mass is 420 g/mol. The molecule has 0 aliphatic heterocycles. The van der Waals surface area contributed by atoms with Gasteiger partial charge in [0.05, 0.1) is 11.1 Å². The van der Waals surface area contributed by atoms with Gasteiger partial charge in [0.25, 0.3) is 0 Å². The fraction of sp³-hybridized carbons (Fsp3) is 0. The number of carboxylic acids is 2. The summed E-state index contributed by atoms with van der Waals surface area (Å²) in [5.41, 5.74) is 3.99. The maximum atomic E-state index is 12.0. The van der Waals surface area contributed by atoms with E-state index in [9.17, 15) is 19.8 Å². The van der Waals surface area contributed by atoms with E-state index in [0.717, 1.165) is 16.7 Å². The first-order valence-corrected chi connectivity index (χ1v) is 10.1. The molecule has 4 nitrogen and oxygen atoms in total. The van der Waals surface area contributed by atoms with Crippen molar-refractivity contribution in [3.63, 3.8) is 0 Å². The van der Waals surface area contributed by atoms with E-state index >= 15 is 0 Å². The van der Waals surface area contributed by atoms with Gasteiger partial charge in [-0.25, -0.2) is 9.59 Å². The highest BCUT2D eigenvalue weighted by molar-refractivity contribution is 6.09. The zero-order chi connectivity index (χ0) is 22.5. The number of rotatable bonds is 6. The zero-order valence-corrected chi connectivity index (χ0v) is 17.1. The second-order valence-corrected chi connectivity index (χ2v) is 7.25. The summed E-state index contributed by atoms with van der Waals surface area (Å²) in [6.07, 6.45) is 3.42. The first-order chi connectivity index (χ1) is 15.5. The van der Waals surface area contributed by atoms with Crippen LogP contribution in [0.1, 0.15) is 31.8 Å². The summed E-state index contributed by atoms with van der Waals surface area (Å²) in [6, 6.07) is 30.1. The van der Waals surface area contributed by atoms with Gasteiger partial charge in [-0.15, -0.1) is 0 Å². The van der Waals surface area contributed by atoms with Crippen molar-refractivity contribution in [3.8, 4) is 22.3 Å². The van der Waals surface area contributed by atoms with Crippen LogP contribution in [0.2, 0.25) is 0 Å². The average molecular weight is 420 g/mol. The van der Waals surface area contributed by atoms with Crippen molar-refractivity contribution in [1.82, 2.24) is 0 Å². The maximum absolute atomic E-state index is 12.0. The number of hydrogen-bond acceptors (Lipinski definition) is 2. The number of carbonyl (C=O) groups is 2. The Kier molecular flexibility index (Phi) is 5.95. The van der Waals surface area contributed by atoms with Crippen molar-refractivity contribution in [2.45, 2.75) is 0 Å². The van der Waals surface area contributed by atoms with Gasteiger partial charge >= 0.3 is 11.9 Å². The summed E-state index contributed by atoms with van der Waals surface area (Å²) >= 11 is 0. The van der Waals surface area contributed by atoms with Gasteiger partial charge in [-0.05, 0) is 33.4 Å². The summed E-state index contributed by atoms with van der Waals surface area (Å²) in [7, 11) is 0. The lowest BCUT2D eigenvalue weighted by Crippen LogP contribution is -2.12. The van der Waals surface area contributed by atoms with Gasteiger partial charge < -0.3 is 10.2 Å². The van der Waals surface area contributed by atoms with Gasteiger partial charge in [0.1, 0.15) is 0 Å². The molecule has 0 aliphatic rings. The molecule has 0 amide bonds. The van der Waals surface area contributed by atoms with Gasteiger partial charge in [0.15, 0.2) is 0 Å². The second-order valence-electron chi connectivity index (χ2n) is 7.25. The summed E-state index contributed by atoms with van der Waals surface area (Å²) < 4.78 is 0. The van der Waals surface area contributed by atoms with Gasteiger partial charge in [-0.1, -0.05) is 109 Å². The molecule has 0 aromatic heterocycles. The Morgan fingerprint density at radius 2 is 1.06 bits per heavy atom. The Labute approximate surface area is 185 Å². The summed E-state index contributed by atoms with van der Waals surface area (Å²) in [5, 5.41) is 19.6. The molecule has 0 spiro atoms. The first kappa shape index (κ1) is 20.8. The minimum Gasteiger partial charge on any atom is -0.478 e. The third-order valence-corrected chi connectivity index (χ3v) is 5.22. The van der Waals surface area contributed by atoms with Crippen LogP contribution in [0.5, 0.6) is 0 Å². The maximum Gasteiger partial charge on any atom is 0.337 e. The Hall–Kier alpha value is -4.44. The highest BCUT2D eigenvalue weighted by Gasteiger charge is 2.23. The van der Waals surface area contributed by atoms with Crippen LogP contribution in [0.3, 0.4) is 0 Å². The van der Waals surface area contributed by atoms with Crippen molar-refractivity contribution in [2.24, 2.45) is 0 Å². The molecule has 32 heavy (non-hydrogen) atoms. The Morgan fingerprint density at radius 1 is 0.531 bits per heavy atom. The van der Waals surface area contributed by atoms with E-state index in [2.05, 4.69) is 0 Å². The van der Waals surface area contributed by atoms with Gasteiger partial charge in [0, 0.05) is 0 Å². The fourth-order valence-electron chi connectivity index (χ4n) is 3.67. The predicted molar refractivity (Wildman–Crippen MR) is 127 cm³/mol. The SMILES string of the molecule is O=C(O)c1c(C=Cc2ccc(-c3ccccc3)cc2)ccc(-c2ccccc2)c1C(=O)O. The molecule has 0 heterocycles. The van der Waals surface area contributed by atoms with Crippen molar-refractivity contribution in [2.75, 3.05) is 0 Å². The summed E-state index contributed by atoms with van der Waals surface area (Å²) in [5.74, 6) is -2.55. The molecule has 4 aromatic rings. The molecule has 4 heteroatoms. The van der Waals surface area contributed by atoms with E-state index in [4.69, 9.17) is 0 Å². The number of hydrogen-bond donors (Lipinski definition) is 2. The number of aromatic carboxylic acids is 2. The molecule has 156 valence electrons. The standard InChI is InChI=1S/C28H20O4/c29-27(30)25-23(17-18-24(26(25)28(31)32)22-9-5-2-6-10-22)16-13-19-11-14-21(15-12-19)20-7-3-1-4-8-20/h1-18H,(H,29,30)(H,31,32). The zero-order valence-electron chi connectivity index (χ0n) is 17.1. The van der Waals surface area contributed by atoms with Gasteiger partial charge in [-0.3, -0.25) is 0 Å². The van der Waals surface area contributed by atoms with Crippen molar-refractivity contribution >= 4 is 24.1 Å². The third kappa shape index (κ3) is 4.35. The molecule has 0 unspecified atom stereocenters. The largest absolute Gasteiger partial charge is 0.478 e. The smallest absolute Gasteiger partial charge is 0.337 e. The van der Waals surface area contributed by atoms with Crippen LogP contribution in [0, 0.1) is 0 Å². The molecular weight excluding hydrogens is 400 g/mol. The average Bonchev–Trinajstić information content (AvgIpc) is 2.83. The molecule has 4 rings (SSSR count). The van der Waals surface area contributed by atoms with Crippen LogP contribution < -0.4 is 0 Å². The van der Waals surface area contributed by atoms with Crippen LogP contribution in [0.15, 0.2) is 97.1 Å². The molecule has 0 atom stereocenters. The Morgan fingerprint density at radius 3 is 1.62 bits per heavy atom. The van der Waals surface area contributed by atoms with Gasteiger partial charge in [0.2, 0.25) is 0 Å². The van der Waals surface area contributed by atoms with E-state index in [1.165, 1.54) is 0 Å². The van der Waals surface area contributed by atoms with Crippen molar-refractivity contribution in [1.29, 1.82) is 0 Å². The third-order valence-electron chi connectivity index (χ3n) is 5.22. The minimum absolute atomic E-state index is 0.217. The molecule has 2 N–H and O–H groups in total. The van der Waals surface area contributed by atoms with Gasteiger partial charge in [-0.2, -0.15) is 0 Å². The van der Waals surface area contributed by atoms with Crippen molar-refractivity contribution in [3.05, 3.63) is 119 Å². The highest BCUT2D eigenvalue weighted by atomic mass is 16.4. The molecule has 0 saturated heterocycles. The highest BCUT2D eigenvalue weighted by Crippen LogP contribution is 2.30. The topological polar surface area (TPSA) is 74.6 Å². The van der Waals surface area contributed by atoms with E-state index in [1.807, 2.05) is 60.7 Å². The lowest BCUT2D eigenvalue weighted by atomic mass is 9.91. The fourth-order valence-corrected chi connectivity index (χ4v) is 3.67. The van der Waals surface area contributed by atoms with E-state index in [1.54, 1.807) is 48.6 Å². The summed E-state index contributed by atoms with van der Waals surface area (Å²) in [6.45, 7) is 0. The number of benzene rings is 4. The quantitative estimate of drug-likeness (QED) is 0.345. The lowest BCUT2D eigenvalue weighted by Gasteiger charge is -2.12. The molecule has 0 saturated carbocycles. The molecule has 0 fully saturated rings. The molecule has 4 aromatic carbocycles. The Balaban J connectivity index is 1.72. The first-order valence-electron chi connectivity index (χ1n) is 10.1. The summed E-state index contributed by atoms with van der Waals surface area (Å²) in [4.78, 5) is 24.1. The van der Waals surface area contributed by atoms with E-state index in [0.29, 0.717) is 16.7 Å². The molecule has 0 bridgehead atoms. The Bertz CT molecular complexity index is 1290. The molecule has 0 aliphatic carbocycles. The normalized spacial score (nSPS) is 10.9. The van der Waals surface area contributed by atoms with Crippen LogP contribution in [-0.2, 0) is 0 Å². The second kappa shape index (κ2) is 9.14. The lowest BCUT2D eigenvalue weighted by molar-refractivity contribution is 0.0652. The van der Waals surface area contributed by atoms with E-state index in [-0.39, 0.29) is 11.1 Å². The van der Waals surface area contributed by atoms with Crippen molar-refractivity contribution < 1.29 is 19.8 Å². The van der Waals surface area contributed by atoms with Crippen LogP contribution in [0.25, 0.3) is 34.4 Å². The minimum atomic E-state index is -1.28. The van der Waals surface area contributed by atoms with Crippen LogP contribution in [0.4, 0.5) is 0 Å².